The number of nitrogens with one attached hydrogen (secondary N) is 1. The van der Waals surface area contributed by atoms with E-state index in [9.17, 15) is 22.8 Å². The molecule has 0 aliphatic carbocycles. The van der Waals surface area contributed by atoms with Gasteiger partial charge in [0.2, 0.25) is 11.0 Å². The van der Waals surface area contributed by atoms with Crippen LogP contribution in [0.2, 0.25) is 5.02 Å². The lowest BCUT2D eigenvalue weighted by atomic mass is 10.1. The molecule has 180 valence electrons. The first kappa shape index (κ1) is 25.6. The number of nitrogens with zero attached hydrogens (tertiary/aromatic N) is 3. The van der Waals surface area contributed by atoms with Gasteiger partial charge in [-0.25, -0.2) is 0 Å². The highest BCUT2D eigenvalue weighted by Gasteiger charge is 2.31. The van der Waals surface area contributed by atoms with Crippen molar-refractivity contribution in [2.24, 2.45) is 0 Å². The van der Waals surface area contributed by atoms with Crippen LogP contribution in [-0.4, -0.2) is 39.5 Å². The minimum Gasteiger partial charge on any atom is -0.335 e. The second-order valence-electron chi connectivity index (χ2n) is 7.55. The zero-order chi connectivity index (χ0) is 24.9. The predicted molar refractivity (Wildman–Crippen MR) is 126 cm³/mol. The Kier molecular flexibility index (Phi) is 8.27. The number of carbonyl (C=O) groups is 2. The topological polar surface area (TPSA) is 75.2 Å². The van der Waals surface area contributed by atoms with Crippen molar-refractivity contribution in [1.29, 1.82) is 0 Å². The lowest BCUT2D eigenvalue weighted by Crippen LogP contribution is -2.40. The highest BCUT2D eigenvalue weighted by Crippen LogP contribution is 2.30. The van der Waals surface area contributed by atoms with E-state index in [0.717, 1.165) is 17.7 Å². The molecule has 2 aromatic carbocycles. The molecular weight excluding hydrogens is 489 g/mol. The maximum Gasteiger partial charge on any atom is 0.416 e. The zero-order valence-corrected chi connectivity index (χ0v) is 20.0. The van der Waals surface area contributed by atoms with Gasteiger partial charge in [0.05, 0.1) is 5.56 Å². The molecule has 34 heavy (non-hydrogen) atoms. The molecule has 0 aliphatic heterocycles. The summed E-state index contributed by atoms with van der Waals surface area (Å²) in [7, 11) is 0. The normalized spacial score (nSPS) is 12.3. The minimum absolute atomic E-state index is 0.0404. The van der Waals surface area contributed by atoms with Gasteiger partial charge in [0.1, 0.15) is 5.01 Å². The molecule has 0 bridgehead atoms. The SMILES string of the molecule is CC[C@@H](C)N(CCC(=O)Nc1nnc(-c2ccc(Cl)cc2)s1)C(=O)c1cccc(C(F)(F)F)c1. The van der Waals surface area contributed by atoms with Crippen molar-refractivity contribution in [1.82, 2.24) is 15.1 Å². The summed E-state index contributed by atoms with van der Waals surface area (Å²) >= 11 is 7.08. The first-order valence-corrected chi connectivity index (χ1v) is 11.7. The van der Waals surface area contributed by atoms with Crippen molar-refractivity contribution in [3.8, 4) is 10.6 Å². The van der Waals surface area contributed by atoms with Crippen LogP contribution in [0.25, 0.3) is 10.6 Å². The van der Waals surface area contributed by atoms with Gasteiger partial charge in [-0.3, -0.25) is 9.59 Å². The van der Waals surface area contributed by atoms with Crippen LogP contribution in [0.3, 0.4) is 0 Å². The Bertz CT molecular complexity index is 1150. The summed E-state index contributed by atoms with van der Waals surface area (Å²) in [6.45, 7) is 3.68. The molecule has 0 saturated heterocycles. The standard InChI is InChI=1S/C23H22ClF3N4O2S/c1-3-14(2)31(21(33)16-5-4-6-17(13-16)23(25,26)27)12-11-19(32)28-22-30-29-20(34-22)15-7-9-18(24)10-8-15/h4-10,13-14H,3,11-12H2,1-2H3,(H,28,30,32)/t14-/m1/s1. The highest BCUT2D eigenvalue weighted by molar-refractivity contribution is 7.18. The Labute approximate surface area is 203 Å². The summed E-state index contributed by atoms with van der Waals surface area (Å²) in [5.41, 5.74) is -0.169. The van der Waals surface area contributed by atoms with Gasteiger partial charge < -0.3 is 10.2 Å². The lowest BCUT2D eigenvalue weighted by Gasteiger charge is -2.28. The number of amides is 2. The second kappa shape index (κ2) is 11.0. The average Bonchev–Trinajstić information content (AvgIpc) is 3.27. The molecule has 1 N–H and O–H groups in total. The first-order chi connectivity index (χ1) is 16.1. The summed E-state index contributed by atoms with van der Waals surface area (Å²) in [5, 5.41) is 12.2. The van der Waals surface area contributed by atoms with E-state index in [1.165, 1.54) is 28.4 Å². The third-order valence-electron chi connectivity index (χ3n) is 5.16. The zero-order valence-electron chi connectivity index (χ0n) is 18.4. The monoisotopic (exact) mass is 510 g/mol. The van der Waals surface area contributed by atoms with Crippen LogP contribution in [0.15, 0.2) is 48.5 Å². The molecule has 2 amide bonds. The van der Waals surface area contributed by atoms with E-state index in [2.05, 4.69) is 15.5 Å². The number of alkyl halides is 3. The minimum atomic E-state index is -4.55. The summed E-state index contributed by atoms with van der Waals surface area (Å²) in [6, 6.07) is 11.0. The van der Waals surface area contributed by atoms with Crippen LogP contribution in [0.4, 0.5) is 18.3 Å². The van der Waals surface area contributed by atoms with Crippen molar-refractivity contribution in [2.75, 3.05) is 11.9 Å². The van der Waals surface area contributed by atoms with Crippen LogP contribution >= 0.6 is 22.9 Å². The van der Waals surface area contributed by atoms with Crippen LogP contribution in [0.1, 0.15) is 42.6 Å². The molecule has 1 heterocycles. The molecule has 6 nitrogen and oxygen atoms in total. The molecule has 0 fully saturated rings. The number of halogens is 4. The Morgan fingerprint density at radius 2 is 1.85 bits per heavy atom. The van der Waals surface area contributed by atoms with Crippen molar-refractivity contribution < 1.29 is 22.8 Å². The maximum absolute atomic E-state index is 13.1. The van der Waals surface area contributed by atoms with Crippen molar-refractivity contribution >= 4 is 39.9 Å². The van der Waals surface area contributed by atoms with Crippen molar-refractivity contribution in [3.05, 3.63) is 64.7 Å². The summed E-state index contributed by atoms with van der Waals surface area (Å²) in [6.07, 6.45) is -4.03. The quantitative estimate of drug-likeness (QED) is 0.394. The number of anilines is 1. The fourth-order valence-corrected chi connectivity index (χ4v) is 4.01. The number of hydrogen-bond acceptors (Lipinski definition) is 5. The van der Waals surface area contributed by atoms with Crippen molar-refractivity contribution in [3.63, 3.8) is 0 Å². The van der Waals surface area contributed by atoms with Crippen LogP contribution < -0.4 is 5.32 Å². The molecule has 1 atom stereocenters. The van der Waals surface area contributed by atoms with E-state index in [-0.39, 0.29) is 30.5 Å². The molecule has 3 rings (SSSR count). The van der Waals surface area contributed by atoms with Gasteiger partial charge in [-0.1, -0.05) is 48.1 Å². The molecular formula is C23H22ClF3N4O2S. The fourth-order valence-electron chi connectivity index (χ4n) is 3.12. The summed E-state index contributed by atoms with van der Waals surface area (Å²) < 4.78 is 39.2. The predicted octanol–water partition coefficient (Wildman–Crippen LogP) is 6.15. The molecule has 3 aromatic rings. The Hall–Kier alpha value is -2.98. The van der Waals surface area contributed by atoms with Gasteiger partial charge in [0.25, 0.3) is 5.91 Å². The number of benzene rings is 2. The van der Waals surface area contributed by atoms with Gasteiger partial charge in [0.15, 0.2) is 0 Å². The van der Waals surface area contributed by atoms with E-state index in [1.807, 2.05) is 6.92 Å². The Morgan fingerprint density at radius 1 is 1.15 bits per heavy atom. The number of rotatable bonds is 8. The van der Waals surface area contributed by atoms with Gasteiger partial charge in [-0.2, -0.15) is 13.2 Å². The van der Waals surface area contributed by atoms with E-state index in [0.29, 0.717) is 21.6 Å². The van der Waals surface area contributed by atoms with Gasteiger partial charge in [-0.15, -0.1) is 10.2 Å². The molecule has 0 spiro atoms. The van der Waals surface area contributed by atoms with Crippen LogP contribution in [0, 0.1) is 0 Å². The molecule has 0 saturated carbocycles. The molecule has 0 aliphatic rings. The fraction of sp³-hybridized carbons (Fsp3) is 0.304. The third-order valence-corrected chi connectivity index (χ3v) is 6.30. The summed E-state index contributed by atoms with van der Waals surface area (Å²) in [4.78, 5) is 26.9. The second-order valence-corrected chi connectivity index (χ2v) is 8.97. The van der Waals surface area contributed by atoms with E-state index >= 15 is 0 Å². The van der Waals surface area contributed by atoms with Gasteiger partial charge >= 0.3 is 6.18 Å². The van der Waals surface area contributed by atoms with Gasteiger partial charge in [0, 0.05) is 35.2 Å². The Morgan fingerprint density at radius 3 is 2.50 bits per heavy atom. The first-order valence-electron chi connectivity index (χ1n) is 10.5. The van der Waals surface area contributed by atoms with Crippen molar-refractivity contribution in [2.45, 2.75) is 38.9 Å². The molecule has 11 heteroatoms. The summed E-state index contributed by atoms with van der Waals surface area (Å²) in [5.74, 6) is -0.946. The maximum atomic E-state index is 13.1. The average molecular weight is 511 g/mol. The van der Waals surface area contributed by atoms with Crippen LogP contribution in [0.5, 0.6) is 0 Å². The lowest BCUT2D eigenvalue weighted by molar-refractivity contribution is -0.137. The van der Waals surface area contributed by atoms with Gasteiger partial charge in [-0.05, 0) is 43.7 Å². The Balaban J connectivity index is 1.66. The highest BCUT2D eigenvalue weighted by atomic mass is 35.5. The number of aromatic nitrogens is 2. The smallest absolute Gasteiger partial charge is 0.335 e. The van der Waals surface area contributed by atoms with E-state index in [1.54, 1.807) is 31.2 Å². The number of hydrogen-bond donors (Lipinski definition) is 1. The van der Waals surface area contributed by atoms with E-state index < -0.39 is 17.6 Å². The molecule has 1 aromatic heterocycles. The van der Waals surface area contributed by atoms with Crippen LogP contribution in [-0.2, 0) is 11.0 Å². The number of carbonyl (C=O) groups excluding carboxylic acids is 2. The van der Waals surface area contributed by atoms with E-state index in [4.69, 9.17) is 11.6 Å². The largest absolute Gasteiger partial charge is 0.416 e. The molecule has 0 radical (unpaired) electrons. The third kappa shape index (κ3) is 6.54. The molecule has 0 unspecified atom stereocenters.